The third-order valence-electron chi connectivity index (χ3n) is 4.81. The van der Waals surface area contributed by atoms with E-state index in [2.05, 4.69) is 10.3 Å². The highest BCUT2D eigenvalue weighted by Gasteiger charge is 2.43. The zero-order valence-corrected chi connectivity index (χ0v) is 15.2. The number of hydrogen-bond donors (Lipinski definition) is 1. The van der Waals surface area contributed by atoms with Gasteiger partial charge >= 0.3 is 6.03 Å². The lowest BCUT2D eigenvalue weighted by Crippen LogP contribution is -2.44. The number of carbonyl (C=O) groups is 1. The molecule has 2 aliphatic heterocycles. The van der Waals surface area contributed by atoms with Crippen molar-refractivity contribution >= 4 is 46.5 Å². The summed E-state index contributed by atoms with van der Waals surface area (Å²) in [6.07, 6.45) is 3.55. The van der Waals surface area contributed by atoms with Crippen molar-refractivity contribution in [3.8, 4) is 0 Å². The Morgan fingerprint density at radius 1 is 1.24 bits per heavy atom. The number of hydrogen-bond acceptors (Lipinski definition) is 2. The second kappa shape index (κ2) is 6.31. The van der Waals surface area contributed by atoms with Crippen LogP contribution >= 0.6 is 34.8 Å². The largest absolute Gasteiger partial charge is 0.322 e. The lowest BCUT2D eigenvalue weighted by atomic mass is 9.95. The molecule has 25 heavy (non-hydrogen) atoms. The van der Waals surface area contributed by atoms with Gasteiger partial charge in [-0.05, 0) is 43.0 Å². The Bertz CT molecular complexity index is 853. The molecule has 4 rings (SSSR count). The Balaban J connectivity index is 1.62. The molecule has 1 N–H and O–H groups in total. The maximum Gasteiger partial charge on any atom is 0.322 e. The van der Waals surface area contributed by atoms with E-state index < -0.39 is 5.95 Å². The fourth-order valence-electron chi connectivity index (χ4n) is 3.74. The van der Waals surface area contributed by atoms with E-state index in [4.69, 9.17) is 34.8 Å². The number of pyridine rings is 1. The number of nitrogens with zero attached hydrogens (tertiary/aromatic N) is 2. The molecule has 1 aromatic heterocycles. The highest BCUT2D eigenvalue weighted by molar-refractivity contribution is 6.48. The lowest BCUT2D eigenvalue weighted by Gasteiger charge is -2.36. The third-order valence-corrected chi connectivity index (χ3v) is 6.01. The molecule has 2 bridgehead atoms. The Labute approximate surface area is 158 Å². The molecular formula is C17H13Cl3FN3O. The zero-order chi connectivity index (χ0) is 17.7. The van der Waals surface area contributed by atoms with Crippen LogP contribution in [0.1, 0.15) is 30.0 Å². The Morgan fingerprint density at radius 2 is 1.96 bits per heavy atom. The smallest absolute Gasteiger partial charge is 0.314 e. The van der Waals surface area contributed by atoms with Gasteiger partial charge in [-0.3, -0.25) is 0 Å². The number of urea groups is 1. The SMILES string of the molecule is O=C(Nc1cc(Cl)c(Cl)c(Cl)c1)N1[C@H]2CC[C@@H]1c1ccnc(F)c1C2. The predicted octanol–water partition coefficient (Wildman–Crippen LogP) is 5.47. The summed E-state index contributed by atoms with van der Waals surface area (Å²) >= 11 is 18.0. The summed E-state index contributed by atoms with van der Waals surface area (Å²) in [5, 5.41) is 3.60. The quantitative estimate of drug-likeness (QED) is 0.509. The summed E-state index contributed by atoms with van der Waals surface area (Å²) in [6.45, 7) is 0. The van der Waals surface area contributed by atoms with Crippen molar-refractivity contribution in [1.82, 2.24) is 9.88 Å². The molecule has 3 heterocycles. The summed E-state index contributed by atoms with van der Waals surface area (Å²) in [6, 6.07) is 4.44. The van der Waals surface area contributed by atoms with E-state index in [1.807, 2.05) is 0 Å². The van der Waals surface area contributed by atoms with E-state index in [1.165, 1.54) is 6.20 Å². The third kappa shape index (κ3) is 2.84. The van der Waals surface area contributed by atoms with Crippen LogP contribution in [0, 0.1) is 5.95 Å². The maximum atomic E-state index is 14.0. The standard InChI is InChI=1S/C17H13Cl3FN3O/c18-12-5-8(6-13(19)15(12)20)23-17(25)24-9-1-2-14(24)10-3-4-22-16(21)11(10)7-9/h3-6,9,14H,1-2,7H2,(H,23,25)/t9-,14+/m0/s1. The van der Waals surface area contributed by atoms with Crippen LogP contribution in [-0.4, -0.2) is 22.0 Å². The summed E-state index contributed by atoms with van der Waals surface area (Å²) in [5.74, 6) is -0.439. The van der Waals surface area contributed by atoms with Gasteiger partial charge in [-0.1, -0.05) is 34.8 Å². The van der Waals surface area contributed by atoms with Crippen molar-refractivity contribution < 1.29 is 9.18 Å². The minimum absolute atomic E-state index is 0.0468. The summed E-state index contributed by atoms with van der Waals surface area (Å²) in [5.41, 5.74) is 1.93. The summed E-state index contributed by atoms with van der Waals surface area (Å²) in [4.78, 5) is 18.3. The number of anilines is 1. The van der Waals surface area contributed by atoms with Gasteiger partial charge in [0.15, 0.2) is 0 Å². The topological polar surface area (TPSA) is 45.2 Å². The van der Waals surface area contributed by atoms with Gasteiger partial charge in [0.1, 0.15) is 0 Å². The van der Waals surface area contributed by atoms with E-state index in [-0.39, 0.29) is 33.2 Å². The van der Waals surface area contributed by atoms with Gasteiger partial charge in [0.05, 0.1) is 21.1 Å². The first-order valence-corrected chi connectivity index (χ1v) is 8.96. The number of halogens is 4. The van der Waals surface area contributed by atoms with E-state index in [1.54, 1.807) is 23.1 Å². The van der Waals surface area contributed by atoms with Crippen LogP contribution in [0.4, 0.5) is 14.9 Å². The van der Waals surface area contributed by atoms with Crippen molar-refractivity contribution in [2.75, 3.05) is 5.32 Å². The van der Waals surface area contributed by atoms with Gasteiger partial charge in [-0.25, -0.2) is 9.78 Å². The molecule has 2 atom stereocenters. The molecule has 2 aliphatic rings. The number of fused-ring (bicyclic) bond motifs is 4. The summed E-state index contributed by atoms with van der Waals surface area (Å²) < 4.78 is 14.0. The van der Waals surface area contributed by atoms with Gasteiger partial charge < -0.3 is 10.2 Å². The molecule has 1 aromatic carbocycles. The van der Waals surface area contributed by atoms with Gasteiger partial charge in [-0.2, -0.15) is 4.39 Å². The Kier molecular flexibility index (Phi) is 4.26. The molecule has 1 saturated heterocycles. The normalized spacial score (nSPS) is 21.2. The fourth-order valence-corrected chi connectivity index (χ4v) is 4.34. The average molecular weight is 401 g/mol. The fraction of sp³-hybridized carbons (Fsp3) is 0.294. The van der Waals surface area contributed by atoms with Gasteiger partial charge in [0.2, 0.25) is 5.95 Å². The lowest BCUT2D eigenvalue weighted by molar-refractivity contribution is 0.178. The molecule has 130 valence electrons. The van der Waals surface area contributed by atoms with Crippen LogP contribution in [0.2, 0.25) is 15.1 Å². The molecule has 0 spiro atoms. The number of amides is 2. The van der Waals surface area contributed by atoms with E-state index in [9.17, 15) is 9.18 Å². The minimum Gasteiger partial charge on any atom is -0.314 e. The summed E-state index contributed by atoms with van der Waals surface area (Å²) in [7, 11) is 0. The number of aromatic nitrogens is 1. The van der Waals surface area contributed by atoms with Crippen LogP contribution in [0.25, 0.3) is 0 Å². The van der Waals surface area contributed by atoms with Crippen LogP contribution in [-0.2, 0) is 6.42 Å². The first kappa shape index (κ1) is 16.9. The first-order valence-electron chi connectivity index (χ1n) is 7.83. The van der Waals surface area contributed by atoms with Gasteiger partial charge in [0, 0.05) is 23.5 Å². The second-order valence-corrected chi connectivity index (χ2v) is 7.40. The molecule has 0 saturated carbocycles. The highest BCUT2D eigenvalue weighted by Crippen LogP contribution is 2.44. The Morgan fingerprint density at radius 3 is 2.68 bits per heavy atom. The molecule has 8 heteroatoms. The van der Waals surface area contributed by atoms with Gasteiger partial charge in [0.25, 0.3) is 0 Å². The van der Waals surface area contributed by atoms with Crippen LogP contribution in [0.15, 0.2) is 24.4 Å². The van der Waals surface area contributed by atoms with Crippen molar-refractivity contribution in [1.29, 1.82) is 0 Å². The Hall–Kier alpha value is -1.56. The van der Waals surface area contributed by atoms with Crippen molar-refractivity contribution in [3.05, 3.63) is 56.5 Å². The molecular weight excluding hydrogens is 388 g/mol. The number of benzene rings is 1. The number of rotatable bonds is 1. The number of carbonyl (C=O) groups excluding carboxylic acids is 1. The molecule has 2 amide bonds. The molecule has 2 aromatic rings. The zero-order valence-electron chi connectivity index (χ0n) is 12.9. The molecule has 0 aliphatic carbocycles. The van der Waals surface area contributed by atoms with Crippen molar-refractivity contribution in [2.24, 2.45) is 0 Å². The predicted molar refractivity (Wildman–Crippen MR) is 96.0 cm³/mol. The average Bonchev–Trinajstić information content (AvgIpc) is 2.89. The minimum atomic E-state index is -0.439. The molecule has 0 radical (unpaired) electrons. The van der Waals surface area contributed by atoms with Crippen molar-refractivity contribution in [3.63, 3.8) is 0 Å². The van der Waals surface area contributed by atoms with Gasteiger partial charge in [-0.15, -0.1) is 0 Å². The van der Waals surface area contributed by atoms with E-state index in [0.717, 1.165) is 18.4 Å². The highest BCUT2D eigenvalue weighted by atomic mass is 35.5. The molecule has 4 nitrogen and oxygen atoms in total. The van der Waals surface area contributed by atoms with Crippen LogP contribution < -0.4 is 5.32 Å². The number of nitrogens with one attached hydrogen (secondary N) is 1. The van der Waals surface area contributed by atoms with Crippen molar-refractivity contribution in [2.45, 2.75) is 31.3 Å². The van der Waals surface area contributed by atoms with E-state index in [0.29, 0.717) is 17.7 Å². The van der Waals surface area contributed by atoms with E-state index >= 15 is 0 Å². The molecule has 1 fully saturated rings. The van der Waals surface area contributed by atoms with Crippen LogP contribution in [0.5, 0.6) is 0 Å². The maximum absolute atomic E-state index is 14.0. The molecule has 0 unspecified atom stereocenters. The second-order valence-electron chi connectivity index (χ2n) is 6.21. The van der Waals surface area contributed by atoms with Crippen LogP contribution in [0.3, 0.4) is 0 Å². The first-order chi connectivity index (χ1) is 12.0. The monoisotopic (exact) mass is 399 g/mol.